The van der Waals surface area contributed by atoms with Crippen molar-refractivity contribution in [1.29, 1.82) is 0 Å². The first-order chi connectivity index (χ1) is 51.1. The largest absolute Gasteiger partial charge is 0.465 e. The Morgan fingerprint density at radius 3 is 1.55 bits per heavy atom. The van der Waals surface area contributed by atoms with E-state index in [0.717, 1.165) is 86.5 Å². The van der Waals surface area contributed by atoms with Crippen LogP contribution in [0.4, 0.5) is 0 Å². The first-order valence-corrected chi connectivity index (χ1v) is 39.9. The van der Waals surface area contributed by atoms with E-state index in [1.54, 1.807) is 32.9 Å². The molecule has 10 unspecified atom stereocenters. The summed E-state index contributed by atoms with van der Waals surface area (Å²) in [6, 6.07) is 13.4. The van der Waals surface area contributed by atoms with Crippen LogP contribution in [-0.4, -0.2) is 131 Å². The third-order valence-corrected chi connectivity index (χ3v) is 23.0. The molecule has 20 nitrogen and oxygen atoms in total. The Morgan fingerprint density at radius 2 is 1.06 bits per heavy atom. The highest BCUT2D eigenvalue weighted by Gasteiger charge is 2.65. The van der Waals surface area contributed by atoms with Crippen LogP contribution in [-0.2, 0) is 71.4 Å². The Morgan fingerprint density at radius 1 is 0.550 bits per heavy atom. The summed E-state index contributed by atoms with van der Waals surface area (Å²) in [4.78, 5) is 70.5. The Bertz CT molecular complexity index is 3450. The van der Waals surface area contributed by atoms with Gasteiger partial charge in [-0.2, -0.15) is 0 Å². The predicted octanol–water partition coefficient (Wildman–Crippen LogP) is 17.4. The molecule has 10 atom stereocenters. The van der Waals surface area contributed by atoms with E-state index in [9.17, 15) is 39.0 Å². The maximum absolute atomic E-state index is 12.1. The van der Waals surface area contributed by atoms with Gasteiger partial charge in [-0.25, -0.2) is 24.0 Å². The Kier molecular flexibility index (Phi) is 31.8. The van der Waals surface area contributed by atoms with E-state index in [2.05, 4.69) is 67.2 Å². The third-order valence-electron chi connectivity index (χ3n) is 23.0. The minimum atomic E-state index is -0.858. The summed E-state index contributed by atoms with van der Waals surface area (Å²) in [6.45, 7) is 52.7. The zero-order valence-electron chi connectivity index (χ0n) is 68.3. The Labute approximate surface area is 649 Å². The lowest BCUT2D eigenvalue weighted by molar-refractivity contribution is -0.260. The molecule has 2 aromatic rings. The molecule has 11 saturated carbocycles. The highest BCUT2D eigenvalue weighted by atomic mass is 16.7. The molecule has 0 radical (unpaired) electrons. The van der Waals surface area contributed by atoms with Gasteiger partial charge >= 0.3 is 35.8 Å². The second-order valence-electron chi connectivity index (χ2n) is 34.0. The topological polar surface area (TPSA) is 254 Å². The molecule has 2 aromatic carbocycles. The number of esters is 6. The number of benzene rings is 2. The van der Waals surface area contributed by atoms with Crippen molar-refractivity contribution in [3.8, 4) is 17.2 Å². The highest BCUT2D eigenvalue weighted by Crippen LogP contribution is 2.63. The van der Waals surface area contributed by atoms with Gasteiger partial charge in [-0.05, 0) is 269 Å². The predicted molar refractivity (Wildman–Crippen MR) is 419 cm³/mol. The minimum Gasteiger partial charge on any atom is -0.465 e. The number of fused-ring (bicyclic) bond motifs is 1. The van der Waals surface area contributed by atoms with E-state index in [4.69, 9.17) is 56.8 Å². The summed E-state index contributed by atoms with van der Waals surface area (Å²) >= 11 is 0. The van der Waals surface area contributed by atoms with Crippen LogP contribution in [0.15, 0.2) is 104 Å². The number of hydrogen-bond acceptors (Lipinski definition) is 20. The molecule has 13 fully saturated rings. The van der Waals surface area contributed by atoms with Crippen LogP contribution in [0.5, 0.6) is 17.2 Å². The molecule has 2 aliphatic heterocycles. The Hall–Kier alpha value is -7.10. The molecule has 0 amide bonds. The van der Waals surface area contributed by atoms with E-state index in [-0.39, 0.29) is 89.6 Å². The lowest BCUT2D eigenvalue weighted by Gasteiger charge is -2.62. The highest BCUT2D eigenvalue weighted by molar-refractivity contribution is 5.89. The van der Waals surface area contributed by atoms with Crippen molar-refractivity contribution in [3.63, 3.8) is 0 Å². The van der Waals surface area contributed by atoms with Crippen molar-refractivity contribution in [2.45, 2.75) is 304 Å². The number of hydrogen-bond donors (Lipinski definition) is 2. The van der Waals surface area contributed by atoms with Gasteiger partial charge in [-0.1, -0.05) is 97.5 Å². The monoisotopic (exact) mass is 1520 g/mol. The van der Waals surface area contributed by atoms with Crippen molar-refractivity contribution < 1.29 is 95.8 Å². The van der Waals surface area contributed by atoms with Crippen LogP contribution in [0.25, 0.3) is 12.2 Å². The van der Waals surface area contributed by atoms with E-state index >= 15 is 0 Å². The van der Waals surface area contributed by atoms with Crippen molar-refractivity contribution in [2.75, 3.05) is 13.2 Å². The minimum absolute atomic E-state index is 0.0568. The first-order valence-electron chi connectivity index (χ1n) is 39.9. The number of ether oxygens (including phenoxy) is 12. The standard InChI is InChI=1S/C17H26O4.C17H26O2.C16H20O6.C14H20O4.C13H18O2.C12H20O2/c1-7-15-9-10-16(21-14(6)19-12(3)4)17(11-15)20-13(5)18-8-2;1-10(2)16(18)19-17(11(3)4)14-6-12-5-13(8-14)9-15(17)7-12;1-8(2)15(18)20-7-13(17)22-14-10-3-9-4-11(6-10)16(19)21-12(14)5-9;1-9(2)11(15)18-14-5-10-3-12(16,7-14)6-13(17,4-10)8-14;1-5-12-6-8-13(9-7-12)15-11(4)14-10(2)3;1-9(2)11(13)14-12(10(3)4)7-5-6-8-12/h7,9-14H,1,8H2,2-6H3;11-15H,1,5-9H2,2-4H3;9-12,14H,1,3-7H2,2H3;10,16-17H,1,3-8H2,2H3;5-11H,1H2,2-4H3;10H,1,5-8H2,2-4H3. The summed E-state index contributed by atoms with van der Waals surface area (Å²) in [5.74, 6) is 4.47. The third kappa shape index (κ3) is 24.5. The van der Waals surface area contributed by atoms with Gasteiger partial charge in [0.05, 0.1) is 29.3 Å². The Balaban J connectivity index is 0.000000183. The lowest BCUT2D eigenvalue weighted by Crippen LogP contribution is -2.66. The van der Waals surface area contributed by atoms with Crippen molar-refractivity contribution >= 4 is 48.0 Å². The molecule has 0 aromatic heterocycles. The quantitative estimate of drug-likeness (QED) is 0.0384. The van der Waals surface area contributed by atoms with Gasteiger partial charge in [-0.15, -0.1) is 0 Å². The van der Waals surface area contributed by atoms with E-state index in [1.807, 2.05) is 97.9 Å². The molecule has 11 aliphatic carbocycles. The first kappa shape index (κ1) is 89.1. The van der Waals surface area contributed by atoms with Crippen LogP contribution in [0.3, 0.4) is 0 Å². The summed E-state index contributed by atoms with van der Waals surface area (Å²) in [6.07, 6.45) is 19.9. The van der Waals surface area contributed by atoms with Crippen LogP contribution >= 0.6 is 0 Å². The zero-order chi connectivity index (χ0) is 80.7. The molecule has 2 saturated heterocycles. The molecule has 2 N–H and O–H groups in total. The van der Waals surface area contributed by atoms with Gasteiger partial charge in [0.25, 0.3) is 0 Å². The second kappa shape index (κ2) is 38.9. The van der Waals surface area contributed by atoms with Crippen molar-refractivity contribution in [2.24, 2.45) is 59.2 Å². The summed E-state index contributed by atoms with van der Waals surface area (Å²) in [5, 5.41) is 21.0. The van der Waals surface area contributed by atoms with Gasteiger partial charge in [0.15, 0.2) is 37.0 Å². The van der Waals surface area contributed by atoms with Crippen molar-refractivity contribution in [3.05, 3.63) is 115 Å². The maximum atomic E-state index is 12.1. The van der Waals surface area contributed by atoms with Gasteiger partial charge in [-0.3, -0.25) is 4.79 Å². The fourth-order valence-electron chi connectivity index (χ4n) is 19.1. The van der Waals surface area contributed by atoms with Crippen LogP contribution in [0.2, 0.25) is 0 Å². The fourth-order valence-corrected chi connectivity index (χ4v) is 19.1. The van der Waals surface area contributed by atoms with Crippen molar-refractivity contribution in [1.82, 2.24) is 0 Å². The molecule has 15 rings (SSSR count). The molecule has 13 aliphatic rings. The van der Waals surface area contributed by atoms with Gasteiger partial charge < -0.3 is 67.1 Å². The molecular formula is C89H130O20. The fraction of sp³-hybridized carbons (Fsp3) is 0.663. The molecule has 20 heteroatoms. The second-order valence-corrected chi connectivity index (χ2v) is 34.0. The number of carbonyl (C=O) groups excluding carboxylic acids is 6. The molecule has 109 heavy (non-hydrogen) atoms. The van der Waals surface area contributed by atoms with Gasteiger partial charge in [0, 0.05) is 54.1 Å². The average Bonchev–Trinajstić information content (AvgIpc) is 1.17. The van der Waals surface area contributed by atoms with Crippen LogP contribution < -0.4 is 14.2 Å². The van der Waals surface area contributed by atoms with Gasteiger partial charge in [0.1, 0.15) is 34.8 Å². The SMILES string of the molecule is C=C(C)C(=O)OC1(C(C)C)C2CC3CC(C2)CC1C3.C=C(C)C(=O)OC1(C(C)C)CCCC1.C=C(C)C(=O)OC12CC3CC(O)(CC(O)(C3)C1)C2.C=C(C)C(=O)OCC(=O)OC1C2CC3CC(C2)C(=O)OC1C3.C=Cc1ccc(OC(C)OC(C)C)c(OC(C)OCC)c1.C=Cc1ccc(OC(C)OC(C)C)cc1. The maximum Gasteiger partial charge on any atom is 0.344 e. The normalized spacial score (nSPS) is 29.8. The van der Waals surface area contributed by atoms with E-state index in [0.29, 0.717) is 83.7 Å². The molecule has 606 valence electrons. The van der Waals surface area contributed by atoms with Crippen LogP contribution in [0.1, 0.15) is 244 Å². The molecule has 2 heterocycles. The average molecular weight is 1520 g/mol. The zero-order valence-corrected chi connectivity index (χ0v) is 68.3. The molecule has 0 spiro atoms. The van der Waals surface area contributed by atoms with Crippen LogP contribution in [0, 0.1) is 59.2 Å². The molecular weight excluding hydrogens is 1390 g/mol. The number of rotatable bonds is 26. The smallest absolute Gasteiger partial charge is 0.344 e. The lowest BCUT2D eigenvalue weighted by atomic mass is 9.47. The van der Waals surface area contributed by atoms with Gasteiger partial charge in [0.2, 0.25) is 0 Å². The number of carbonyl (C=O) groups is 6. The summed E-state index contributed by atoms with van der Waals surface area (Å²) in [7, 11) is 0. The summed E-state index contributed by atoms with van der Waals surface area (Å²) < 4.78 is 66.6. The number of aliphatic hydroxyl groups is 2. The van der Waals surface area contributed by atoms with E-state index < -0.39 is 47.4 Å². The van der Waals surface area contributed by atoms with E-state index in [1.165, 1.54) is 51.9 Å². The summed E-state index contributed by atoms with van der Waals surface area (Å²) in [5.41, 5.74) is 0.854. The molecule has 12 bridgehead atoms.